The van der Waals surface area contributed by atoms with E-state index >= 15 is 0 Å². The lowest BCUT2D eigenvalue weighted by Gasteiger charge is -2.13. The number of fused-ring (bicyclic) bond motifs is 4. The molecule has 0 atom stereocenters. The van der Waals surface area contributed by atoms with Crippen LogP contribution in [0.2, 0.25) is 0 Å². The van der Waals surface area contributed by atoms with Crippen LogP contribution in [-0.4, -0.2) is 44.8 Å². The summed E-state index contributed by atoms with van der Waals surface area (Å²) < 4.78 is 27.7. The van der Waals surface area contributed by atoms with E-state index in [2.05, 4.69) is 5.32 Å². The summed E-state index contributed by atoms with van der Waals surface area (Å²) in [6, 6.07) is 25.4. The Morgan fingerprint density at radius 1 is 0.738 bits per heavy atom. The number of aromatic nitrogens is 1. The number of hydrogen-bond donors (Lipinski definition) is 1. The maximum Gasteiger partial charge on any atom is 0.339 e. The van der Waals surface area contributed by atoms with Crippen molar-refractivity contribution in [1.82, 2.24) is 4.98 Å². The van der Waals surface area contributed by atoms with Crippen molar-refractivity contribution in [3.63, 3.8) is 0 Å². The molecule has 0 radical (unpaired) electrons. The van der Waals surface area contributed by atoms with Crippen molar-refractivity contribution in [2.75, 3.05) is 33.3 Å². The fraction of sp³-hybridized carbons (Fsp3) is 0.121. The van der Waals surface area contributed by atoms with Gasteiger partial charge in [0, 0.05) is 27.8 Å². The molecule has 0 unspecified atom stereocenters. The summed E-state index contributed by atoms with van der Waals surface area (Å²) in [6.07, 6.45) is 0. The molecule has 9 nitrogen and oxygen atoms in total. The molecule has 2 aromatic heterocycles. The molecule has 1 N–H and O–H groups in total. The van der Waals surface area contributed by atoms with Crippen molar-refractivity contribution < 1.29 is 33.0 Å². The van der Waals surface area contributed by atoms with Gasteiger partial charge in [-0.15, -0.1) is 0 Å². The van der Waals surface area contributed by atoms with Crippen molar-refractivity contribution >= 4 is 50.4 Å². The van der Waals surface area contributed by atoms with E-state index in [1.165, 1.54) is 7.11 Å². The highest BCUT2D eigenvalue weighted by molar-refractivity contribution is 6.08. The van der Waals surface area contributed by atoms with Gasteiger partial charge in [0.2, 0.25) is 0 Å². The van der Waals surface area contributed by atoms with Gasteiger partial charge in [0.1, 0.15) is 16.9 Å². The highest BCUT2D eigenvalue weighted by Gasteiger charge is 2.19. The highest BCUT2D eigenvalue weighted by atomic mass is 16.5. The zero-order valence-corrected chi connectivity index (χ0v) is 23.1. The van der Waals surface area contributed by atoms with Crippen molar-refractivity contribution in [2.45, 2.75) is 0 Å². The fourth-order valence-electron chi connectivity index (χ4n) is 4.90. The standard InChI is InChI=1S/C33H26N2O7/c1-38-28-13-12-19(14-31(28)40-3)25-15-23(20-8-4-6-10-24(20)34-25)33(37)41-18-32(36)35-26-17-29-22(16-30(26)39-2)21-9-5-7-11-27(21)42-29/h4-17H,18H2,1-3H3,(H,35,36). The van der Waals surface area contributed by atoms with Crippen molar-refractivity contribution in [1.29, 1.82) is 0 Å². The number of amides is 1. The minimum atomic E-state index is -0.662. The summed E-state index contributed by atoms with van der Waals surface area (Å²) >= 11 is 0. The van der Waals surface area contributed by atoms with Crippen LogP contribution in [0.4, 0.5) is 5.69 Å². The second kappa shape index (κ2) is 11.1. The lowest BCUT2D eigenvalue weighted by molar-refractivity contribution is -0.119. The van der Waals surface area contributed by atoms with Gasteiger partial charge >= 0.3 is 5.97 Å². The molecule has 1 amide bonds. The molecular weight excluding hydrogens is 536 g/mol. The van der Waals surface area contributed by atoms with Crippen LogP contribution in [0.3, 0.4) is 0 Å². The third-order valence-electron chi connectivity index (χ3n) is 6.92. The van der Waals surface area contributed by atoms with E-state index in [9.17, 15) is 9.59 Å². The lowest BCUT2D eigenvalue weighted by Crippen LogP contribution is -2.21. The topological polar surface area (TPSA) is 109 Å². The van der Waals surface area contributed by atoms with Gasteiger partial charge in [-0.3, -0.25) is 4.79 Å². The number of benzene rings is 4. The van der Waals surface area contributed by atoms with E-state index in [4.69, 9.17) is 28.3 Å². The maximum absolute atomic E-state index is 13.3. The Kier molecular flexibility index (Phi) is 7.06. The van der Waals surface area contributed by atoms with E-state index in [0.29, 0.717) is 45.1 Å². The minimum Gasteiger partial charge on any atom is -0.495 e. The number of pyridine rings is 1. The average Bonchev–Trinajstić information content (AvgIpc) is 3.39. The molecular formula is C33H26N2O7. The Bertz CT molecular complexity index is 1980. The summed E-state index contributed by atoms with van der Waals surface area (Å²) in [6.45, 7) is -0.511. The average molecular weight is 563 g/mol. The molecule has 0 spiro atoms. The highest BCUT2D eigenvalue weighted by Crippen LogP contribution is 2.37. The van der Waals surface area contributed by atoms with Gasteiger partial charge < -0.3 is 28.7 Å². The van der Waals surface area contributed by atoms with Crippen LogP contribution in [0.5, 0.6) is 17.2 Å². The van der Waals surface area contributed by atoms with E-state index < -0.39 is 18.5 Å². The normalized spacial score (nSPS) is 11.0. The summed E-state index contributed by atoms with van der Waals surface area (Å²) in [5.74, 6) is 0.361. The smallest absolute Gasteiger partial charge is 0.339 e. The molecule has 0 aliphatic rings. The first-order valence-electron chi connectivity index (χ1n) is 13.1. The maximum atomic E-state index is 13.3. The number of furan rings is 1. The zero-order chi connectivity index (χ0) is 29.2. The molecule has 42 heavy (non-hydrogen) atoms. The zero-order valence-electron chi connectivity index (χ0n) is 23.1. The first-order valence-corrected chi connectivity index (χ1v) is 13.1. The number of nitrogens with zero attached hydrogens (tertiary/aromatic N) is 1. The predicted molar refractivity (Wildman–Crippen MR) is 159 cm³/mol. The molecule has 0 aliphatic carbocycles. The molecule has 0 saturated heterocycles. The van der Waals surface area contributed by atoms with Crippen LogP contribution in [0, 0.1) is 0 Å². The first kappa shape index (κ1) is 26.6. The number of esters is 1. The van der Waals surface area contributed by atoms with Crippen LogP contribution < -0.4 is 19.5 Å². The summed E-state index contributed by atoms with van der Waals surface area (Å²) in [5, 5.41) is 5.17. The molecule has 6 aromatic rings. The van der Waals surface area contributed by atoms with Crippen LogP contribution in [0.1, 0.15) is 10.4 Å². The van der Waals surface area contributed by atoms with Crippen LogP contribution in [-0.2, 0) is 9.53 Å². The third-order valence-corrected chi connectivity index (χ3v) is 6.92. The lowest BCUT2D eigenvalue weighted by atomic mass is 10.0. The number of ether oxygens (including phenoxy) is 4. The summed E-state index contributed by atoms with van der Waals surface area (Å²) in [4.78, 5) is 30.9. The Morgan fingerprint density at radius 3 is 2.26 bits per heavy atom. The van der Waals surface area contributed by atoms with E-state index in [1.807, 2.05) is 54.6 Å². The second-order valence-corrected chi connectivity index (χ2v) is 9.41. The number of anilines is 1. The van der Waals surface area contributed by atoms with Crippen molar-refractivity contribution in [2.24, 2.45) is 0 Å². The summed E-state index contributed by atoms with van der Waals surface area (Å²) in [7, 11) is 4.63. The van der Waals surface area contributed by atoms with E-state index in [-0.39, 0.29) is 5.56 Å². The number of hydrogen-bond acceptors (Lipinski definition) is 8. The predicted octanol–water partition coefficient (Wildman–Crippen LogP) is 6.62. The molecule has 4 aromatic carbocycles. The number of methoxy groups -OCH3 is 3. The number of carbonyl (C=O) groups is 2. The Hall–Kier alpha value is -5.57. The SMILES string of the molecule is COc1cc2c(cc1NC(=O)COC(=O)c1cc(-c3ccc(OC)c(OC)c3)nc3ccccc13)oc1ccccc12. The minimum absolute atomic E-state index is 0.277. The van der Waals surface area contributed by atoms with Crippen molar-refractivity contribution in [3.8, 4) is 28.5 Å². The largest absolute Gasteiger partial charge is 0.495 e. The Labute approximate surface area is 240 Å². The van der Waals surface area contributed by atoms with Gasteiger partial charge in [0.15, 0.2) is 18.1 Å². The van der Waals surface area contributed by atoms with Gasteiger partial charge in [-0.25, -0.2) is 9.78 Å². The van der Waals surface area contributed by atoms with E-state index in [1.54, 1.807) is 44.6 Å². The third kappa shape index (κ3) is 4.92. The van der Waals surface area contributed by atoms with Crippen LogP contribution in [0.25, 0.3) is 44.1 Å². The van der Waals surface area contributed by atoms with Gasteiger partial charge in [0.25, 0.3) is 5.91 Å². The molecule has 2 heterocycles. The molecule has 0 saturated carbocycles. The number of para-hydroxylation sites is 2. The number of rotatable bonds is 8. The monoisotopic (exact) mass is 562 g/mol. The Morgan fingerprint density at radius 2 is 1.48 bits per heavy atom. The molecule has 210 valence electrons. The fourth-order valence-corrected chi connectivity index (χ4v) is 4.90. The molecule has 9 heteroatoms. The number of carbonyl (C=O) groups excluding carboxylic acids is 2. The molecule has 0 fully saturated rings. The van der Waals surface area contributed by atoms with Gasteiger partial charge in [-0.05, 0) is 42.5 Å². The number of nitrogens with one attached hydrogen (secondary N) is 1. The second-order valence-electron chi connectivity index (χ2n) is 9.41. The molecule has 0 aliphatic heterocycles. The van der Waals surface area contributed by atoms with Crippen molar-refractivity contribution in [3.05, 3.63) is 90.5 Å². The molecule has 6 rings (SSSR count). The van der Waals surface area contributed by atoms with Gasteiger partial charge in [0.05, 0.1) is 43.8 Å². The Balaban J connectivity index is 1.24. The molecule has 0 bridgehead atoms. The van der Waals surface area contributed by atoms with Crippen LogP contribution in [0.15, 0.2) is 89.3 Å². The first-order chi connectivity index (χ1) is 20.5. The quantitative estimate of drug-likeness (QED) is 0.206. The van der Waals surface area contributed by atoms with Crippen LogP contribution >= 0.6 is 0 Å². The van der Waals surface area contributed by atoms with Gasteiger partial charge in [-0.1, -0.05) is 36.4 Å². The van der Waals surface area contributed by atoms with E-state index in [0.717, 1.165) is 21.9 Å². The van der Waals surface area contributed by atoms with Gasteiger partial charge in [-0.2, -0.15) is 0 Å². The summed E-state index contributed by atoms with van der Waals surface area (Å²) in [5.41, 5.74) is 3.85.